The first kappa shape index (κ1) is 19.5. The van der Waals surface area contributed by atoms with Gasteiger partial charge in [-0.05, 0) is 49.9 Å². The number of hydrogen-bond donors (Lipinski definition) is 0. The Balaban J connectivity index is 1.61. The van der Waals surface area contributed by atoms with E-state index in [9.17, 15) is 4.79 Å². The SMILES string of the molecule is CC(c1ccc(Br)cc1)N1CCC[C@](C[C@@]2(C)CO2)(c2ccccc2)OC1=O. The number of hydrogen-bond acceptors (Lipinski definition) is 3. The van der Waals surface area contributed by atoms with Gasteiger partial charge >= 0.3 is 6.09 Å². The molecule has 2 aromatic carbocycles. The Morgan fingerprint density at radius 1 is 1.14 bits per heavy atom. The average molecular weight is 444 g/mol. The first-order valence-electron chi connectivity index (χ1n) is 9.85. The fraction of sp³-hybridized carbons (Fsp3) is 0.435. The van der Waals surface area contributed by atoms with E-state index in [1.54, 1.807) is 0 Å². The number of ether oxygens (including phenoxy) is 2. The molecule has 1 amide bonds. The van der Waals surface area contributed by atoms with Crippen LogP contribution in [0.25, 0.3) is 0 Å². The van der Waals surface area contributed by atoms with E-state index >= 15 is 0 Å². The summed E-state index contributed by atoms with van der Waals surface area (Å²) in [5.41, 5.74) is 1.31. The van der Waals surface area contributed by atoms with Gasteiger partial charge in [-0.3, -0.25) is 0 Å². The quantitative estimate of drug-likeness (QED) is 0.546. The molecule has 2 aliphatic heterocycles. The molecule has 5 heteroatoms. The van der Waals surface area contributed by atoms with Crippen LogP contribution >= 0.6 is 15.9 Å². The molecule has 0 aromatic heterocycles. The van der Waals surface area contributed by atoms with E-state index in [2.05, 4.69) is 54.0 Å². The molecule has 1 unspecified atom stereocenters. The smallest absolute Gasteiger partial charge is 0.411 e. The molecule has 0 aliphatic carbocycles. The number of benzene rings is 2. The minimum atomic E-state index is -0.641. The third-order valence-electron chi connectivity index (χ3n) is 5.91. The predicted molar refractivity (Wildman–Crippen MR) is 112 cm³/mol. The lowest BCUT2D eigenvalue weighted by Gasteiger charge is -2.35. The molecule has 0 radical (unpaired) electrons. The van der Waals surface area contributed by atoms with Crippen molar-refractivity contribution < 1.29 is 14.3 Å². The molecule has 2 fully saturated rings. The number of cyclic esters (lactones) is 1. The van der Waals surface area contributed by atoms with Crippen molar-refractivity contribution in [1.82, 2.24) is 4.90 Å². The van der Waals surface area contributed by atoms with Crippen LogP contribution in [-0.4, -0.2) is 29.7 Å². The van der Waals surface area contributed by atoms with Crippen LogP contribution in [0, 0.1) is 0 Å². The average Bonchev–Trinajstić information content (AvgIpc) is 3.44. The molecular weight excluding hydrogens is 418 g/mol. The van der Waals surface area contributed by atoms with Gasteiger partial charge in [-0.2, -0.15) is 0 Å². The number of carbonyl (C=O) groups is 1. The lowest BCUT2D eigenvalue weighted by atomic mass is 9.81. The highest BCUT2D eigenvalue weighted by atomic mass is 79.9. The summed E-state index contributed by atoms with van der Waals surface area (Å²) in [6.45, 7) is 5.56. The fourth-order valence-corrected chi connectivity index (χ4v) is 4.44. The van der Waals surface area contributed by atoms with Gasteiger partial charge in [0.15, 0.2) is 0 Å². The summed E-state index contributed by atoms with van der Waals surface area (Å²) < 4.78 is 13.0. The van der Waals surface area contributed by atoms with Gasteiger partial charge in [0, 0.05) is 17.4 Å². The molecule has 2 aromatic rings. The Hall–Kier alpha value is -1.85. The third kappa shape index (κ3) is 3.96. The summed E-state index contributed by atoms with van der Waals surface area (Å²) in [4.78, 5) is 15.1. The van der Waals surface area contributed by atoms with E-state index in [4.69, 9.17) is 9.47 Å². The zero-order valence-corrected chi connectivity index (χ0v) is 17.9. The lowest BCUT2D eigenvalue weighted by molar-refractivity contribution is -0.0274. The monoisotopic (exact) mass is 443 g/mol. The van der Waals surface area contributed by atoms with E-state index in [-0.39, 0.29) is 17.7 Å². The number of epoxide rings is 1. The second-order valence-electron chi connectivity index (χ2n) is 8.17. The molecule has 148 valence electrons. The van der Waals surface area contributed by atoms with Gasteiger partial charge in [0.2, 0.25) is 0 Å². The van der Waals surface area contributed by atoms with Crippen LogP contribution in [-0.2, 0) is 15.1 Å². The first-order valence-corrected chi connectivity index (χ1v) is 10.6. The van der Waals surface area contributed by atoms with E-state index in [1.165, 1.54) is 0 Å². The van der Waals surface area contributed by atoms with Gasteiger partial charge in [-0.15, -0.1) is 0 Å². The highest BCUT2D eigenvalue weighted by Crippen LogP contribution is 2.46. The van der Waals surface area contributed by atoms with E-state index < -0.39 is 5.60 Å². The first-order chi connectivity index (χ1) is 13.4. The molecule has 0 bridgehead atoms. The second-order valence-corrected chi connectivity index (χ2v) is 9.08. The summed E-state index contributed by atoms with van der Waals surface area (Å²) in [7, 11) is 0. The van der Waals surface area contributed by atoms with Gasteiger partial charge in [0.05, 0.1) is 18.2 Å². The second kappa shape index (κ2) is 7.53. The van der Waals surface area contributed by atoms with Crippen molar-refractivity contribution in [1.29, 1.82) is 0 Å². The standard InChI is InChI=1S/C23H26BrNO3/c1-17(18-9-11-20(24)12-10-18)25-14-6-13-23(28-21(25)26,15-22(2)16-27-22)19-7-4-3-5-8-19/h3-5,7-12,17H,6,13-16H2,1-2H3/t17?,22-,23-/m0/s1. The van der Waals surface area contributed by atoms with Crippen molar-refractivity contribution in [3.63, 3.8) is 0 Å². The number of amides is 1. The molecule has 2 aliphatic rings. The predicted octanol–water partition coefficient (Wildman–Crippen LogP) is 5.82. The normalized spacial score (nSPS) is 28.4. The maximum Gasteiger partial charge on any atom is 0.411 e. The van der Waals surface area contributed by atoms with Crippen LogP contribution in [0.4, 0.5) is 4.79 Å². The van der Waals surface area contributed by atoms with Crippen molar-refractivity contribution in [3.8, 4) is 0 Å². The largest absolute Gasteiger partial charge is 0.438 e. The Kier molecular flexibility index (Phi) is 5.23. The van der Waals surface area contributed by atoms with Crippen LogP contribution < -0.4 is 0 Å². The lowest BCUT2D eigenvalue weighted by Crippen LogP contribution is -2.39. The zero-order chi connectivity index (χ0) is 19.8. The molecule has 2 saturated heterocycles. The topological polar surface area (TPSA) is 42.1 Å². The van der Waals surface area contributed by atoms with E-state index in [0.29, 0.717) is 13.0 Å². The summed E-state index contributed by atoms with van der Waals surface area (Å²) >= 11 is 3.47. The van der Waals surface area contributed by atoms with Gasteiger partial charge in [-0.25, -0.2) is 4.79 Å². The maximum atomic E-state index is 13.2. The van der Waals surface area contributed by atoms with Gasteiger partial charge in [-0.1, -0.05) is 58.4 Å². The minimum absolute atomic E-state index is 0.0417. The Bertz CT molecular complexity index is 835. The number of halogens is 1. The van der Waals surface area contributed by atoms with Crippen LogP contribution in [0.3, 0.4) is 0 Å². The van der Waals surface area contributed by atoms with Crippen molar-refractivity contribution in [2.24, 2.45) is 0 Å². The molecule has 0 N–H and O–H groups in total. The molecule has 0 spiro atoms. The summed E-state index contributed by atoms with van der Waals surface area (Å²) in [6, 6.07) is 18.2. The molecular formula is C23H26BrNO3. The minimum Gasteiger partial charge on any atom is -0.438 e. The molecule has 2 heterocycles. The number of carbonyl (C=O) groups excluding carboxylic acids is 1. The Morgan fingerprint density at radius 2 is 1.82 bits per heavy atom. The Morgan fingerprint density at radius 3 is 2.46 bits per heavy atom. The number of nitrogens with zero attached hydrogens (tertiary/aromatic N) is 1. The highest BCUT2D eigenvalue weighted by Gasteiger charge is 2.51. The summed E-state index contributed by atoms with van der Waals surface area (Å²) in [5.74, 6) is 0. The van der Waals surface area contributed by atoms with Crippen LogP contribution in [0.2, 0.25) is 0 Å². The number of rotatable bonds is 5. The van der Waals surface area contributed by atoms with Crippen molar-refractivity contribution >= 4 is 22.0 Å². The van der Waals surface area contributed by atoms with E-state index in [1.807, 2.05) is 35.2 Å². The molecule has 3 atom stereocenters. The van der Waals surface area contributed by atoms with Crippen LogP contribution in [0.15, 0.2) is 59.1 Å². The summed E-state index contributed by atoms with van der Waals surface area (Å²) in [6.07, 6.45) is 2.13. The van der Waals surface area contributed by atoms with Gasteiger partial charge < -0.3 is 14.4 Å². The Labute approximate surface area is 175 Å². The third-order valence-corrected chi connectivity index (χ3v) is 6.44. The molecule has 4 rings (SSSR count). The zero-order valence-electron chi connectivity index (χ0n) is 16.4. The maximum absolute atomic E-state index is 13.2. The highest BCUT2D eigenvalue weighted by molar-refractivity contribution is 9.10. The molecule has 28 heavy (non-hydrogen) atoms. The fourth-order valence-electron chi connectivity index (χ4n) is 4.18. The van der Waals surface area contributed by atoms with E-state index in [0.717, 1.165) is 35.0 Å². The van der Waals surface area contributed by atoms with Crippen molar-refractivity contribution in [3.05, 3.63) is 70.2 Å². The van der Waals surface area contributed by atoms with Gasteiger partial charge in [0.1, 0.15) is 5.60 Å². The molecule has 0 saturated carbocycles. The van der Waals surface area contributed by atoms with Crippen molar-refractivity contribution in [2.45, 2.75) is 50.4 Å². The summed E-state index contributed by atoms with van der Waals surface area (Å²) in [5, 5.41) is 0. The van der Waals surface area contributed by atoms with Crippen LogP contribution in [0.5, 0.6) is 0 Å². The van der Waals surface area contributed by atoms with Crippen LogP contribution in [0.1, 0.15) is 50.3 Å². The van der Waals surface area contributed by atoms with Gasteiger partial charge in [0.25, 0.3) is 0 Å². The van der Waals surface area contributed by atoms with Crippen molar-refractivity contribution in [2.75, 3.05) is 13.2 Å². The molecule has 4 nitrogen and oxygen atoms in total.